The van der Waals surface area contributed by atoms with Crippen LogP contribution in [0.3, 0.4) is 0 Å². The molecule has 1 aromatic heterocycles. The first-order chi connectivity index (χ1) is 8.63. The Morgan fingerprint density at radius 3 is 2.72 bits per heavy atom. The molecular formula is C15H20N2O. The quantitative estimate of drug-likeness (QED) is 0.889. The lowest BCUT2D eigenvalue weighted by Gasteiger charge is -2.09. The molecule has 18 heavy (non-hydrogen) atoms. The molecule has 96 valence electrons. The van der Waals surface area contributed by atoms with Crippen molar-refractivity contribution in [2.45, 2.75) is 33.6 Å². The van der Waals surface area contributed by atoms with E-state index in [1.807, 2.05) is 12.1 Å². The largest absolute Gasteiger partial charge is 0.367 e. The average molecular weight is 244 g/mol. The fourth-order valence-electron chi connectivity index (χ4n) is 2.09. The first kappa shape index (κ1) is 12.7. The van der Waals surface area contributed by atoms with Crippen LogP contribution in [-0.4, -0.2) is 5.16 Å². The zero-order chi connectivity index (χ0) is 13.1. The number of anilines is 1. The summed E-state index contributed by atoms with van der Waals surface area (Å²) in [5, 5.41) is 4.12. The number of nitrogens with zero attached hydrogens (tertiary/aromatic N) is 1. The van der Waals surface area contributed by atoms with Gasteiger partial charge in [0.2, 0.25) is 5.88 Å². The molecule has 0 saturated heterocycles. The fraction of sp³-hybridized carbons (Fsp3) is 0.400. The van der Waals surface area contributed by atoms with Crippen molar-refractivity contribution >= 4 is 5.88 Å². The van der Waals surface area contributed by atoms with E-state index in [4.69, 9.17) is 10.3 Å². The fourth-order valence-corrected chi connectivity index (χ4v) is 2.09. The second-order valence-electron chi connectivity index (χ2n) is 4.90. The lowest BCUT2D eigenvalue weighted by molar-refractivity contribution is 0.418. The lowest BCUT2D eigenvalue weighted by Crippen LogP contribution is -2.00. The standard InChI is InChI=1S/C15H20N2O/c1-4-10(2)9-13-14(15(16)18-17-13)12-8-6-5-7-11(12)3/h5-8,10H,4,9,16H2,1-3H3. The number of aromatic nitrogens is 1. The second-order valence-corrected chi connectivity index (χ2v) is 4.90. The summed E-state index contributed by atoms with van der Waals surface area (Å²) in [5.74, 6) is 1.000. The predicted octanol–water partition coefficient (Wildman–Crippen LogP) is 3.82. The van der Waals surface area contributed by atoms with E-state index in [0.717, 1.165) is 29.7 Å². The number of rotatable bonds is 4. The van der Waals surface area contributed by atoms with E-state index >= 15 is 0 Å². The van der Waals surface area contributed by atoms with Crippen LogP contribution >= 0.6 is 0 Å². The number of benzene rings is 1. The average Bonchev–Trinajstić information content (AvgIpc) is 2.71. The number of nitrogen functional groups attached to an aromatic ring is 1. The molecule has 2 N–H and O–H groups in total. The van der Waals surface area contributed by atoms with Gasteiger partial charge in [0.25, 0.3) is 0 Å². The molecule has 0 saturated carbocycles. The molecule has 1 heterocycles. The topological polar surface area (TPSA) is 52.0 Å². The summed E-state index contributed by atoms with van der Waals surface area (Å²) >= 11 is 0. The molecule has 0 bridgehead atoms. The van der Waals surface area contributed by atoms with Gasteiger partial charge in [-0.3, -0.25) is 0 Å². The maximum atomic E-state index is 5.93. The van der Waals surface area contributed by atoms with E-state index < -0.39 is 0 Å². The maximum absolute atomic E-state index is 5.93. The minimum Gasteiger partial charge on any atom is -0.367 e. The van der Waals surface area contributed by atoms with Crippen LogP contribution in [0.4, 0.5) is 5.88 Å². The third kappa shape index (κ3) is 2.40. The number of nitrogens with two attached hydrogens (primary N) is 1. The maximum Gasteiger partial charge on any atom is 0.230 e. The van der Waals surface area contributed by atoms with Crippen LogP contribution in [0.2, 0.25) is 0 Å². The van der Waals surface area contributed by atoms with Crippen molar-refractivity contribution in [1.29, 1.82) is 0 Å². The molecule has 2 rings (SSSR count). The summed E-state index contributed by atoms with van der Waals surface area (Å²) < 4.78 is 5.18. The summed E-state index contributed by atoms with van der Waals surface area (Å²) in [6.07, 6.45) is 2.03. The predicted molar refractivity (Wildman–Crippen MR) is 74.2 cm³/mol. The molecule has 2 aromatic rings. The van der Waals surface area contributed by atoms with Gasteiger partial charge in [-0.05, 0) is 30.4 Å². The number of hydrogen-bond donors (Lipinski definition) is 1. The Morgan fingerprint density at radius 2 is 2.06 bits per heavy atom. The molecule has 0 aliphatic carbocycles. The summed E-state index contributed by atoms with van der Waals surface area (Å²) in [6.45, 7) is 6.48. The SMILES string of the molecule is CCC(C)Cc1noc(N)c1-c1ccccc1C. The van der Waals surface area contributed by atoms with Crippen LogP contribution in [0.5, 0.6) is 0 Å². The summed E-state index contributed by atoms with van der Waals surface area (Å²) in [6, 6.07) is 8.19. The molecule has 1 atom stereocenters. The highest BCUT2D eigenvalue weighted by Crippen LogP contribution is 2.33. The van der Waals surface area contributed by atoms with Gasteiger partial charge in [0.15, 0.2) is 0 Å². The van der Waals surface area contributed by atoms with Gasteiger partial charge in [0.1, 0.15) is 0 Å². The zero-order valence-corrected chi connectivity index (χ0v) is 11.2. The van der Waals surface area contributed by atoms with Gasteiger partial charge in [0.05, 0.1) is 11.3 Å². The molecular weight excluding hydrogens is 224 g/mol. The Morgan fingerprint density at radius 1 is 1.33 bits per heavy atom. The van der Waals surface area contributed by atoms with Gasteiger partial charge in [0, 0.05) is 0 Å². The van der Waals surface area contributed by atoms with Gasteiger partial charge in [-0.15, -0.1) is 0 Å². The molecule has 0 amide bonds. The Bertz CT molecular complexity index is 531. The van der Waals surface area contributed by atoms with Gasteiger partial charge < -0.3 is 10.3 Å². The van der Waals surface area contributed by atoms with Gasteiger partial charge in [-0.1, -0.05) is 49.7 Å². The normalized spacial score (nSPS) is 12.6. The van der Waals surface area contributed by atoms with E-state index in [9.17, 15) is 0 Å². The summed E-state index contributed by atoms with van der Waals surface area (Å²) in [5.41, 5.74) is 10.2. The van der Waals surface area contributed by atoms with Gasteiger partial charge in [-0.2, -0.15) is 0 Å². The van der Waals surface area contributed by atoms with Crippen LogP contribution in [-0.2, 0) is 6.42 Å². The third-order valence-electron chi connectivity index (χ3n) is 3.44. The highest BCUT2D eigenvalue weighted by atomic mass is 16.5. The van der Waals surface area contributed by atoms with Crippen molar-refractivity contribution in [3.05, 3.63) is 35.5 Å². The van der Waals surface area contributed by atoms with Crippen LogP contribution in [0.1, 0.15) is 31.5 Å². The van der Waals surface area contributed by atoms with E-state index in [1.54, 1.807) is 0 Å². The number of hydrogen-bond acceptors (Lipinski definition) is 3. The van der Waals surface area contributed by atoms with Crippen molar-refractivity contribution in [2.24, 2.45) is 5.92 Å². The highest BCUT2D eigenvalue weighted by molar-refractivity contribution is 5.77. The monoisotopic (exact) mass is 244 g/mol. The van der Waals surface area contributed by atoms with Crippen molar-refractivity contribution in [3.63, 3.8) is 0 Å². The Labute approximate surface area is 108 Å². The molecule has 0 fully saturated rings. The minimum atomic E-state index is 0.419. The number of aryl methyl sites for hydroxylation is 1. The molecule has 0 radical (unpaired) electrons. The molecule has 0 aliphatic rings. The van der Waals surface area contributed by atoms with Crippen molar-refractivity contribution in [1.82, 2.24) is 5.16 Å². The zero-order valence-electron chi connectivity index (χ0n) is 11.2. The van der Waals surface area contributed by atoms with Gasteiger partial charge in [-0.25, -0.2) is 0 Å². The first-order valence-corrected chi connectivity index (χ1v) is 6.43. The van der Waals surface area contributed by atoms with E-state index in [1.165, 1.54) is 5.56 Å². The van der Waals surface area contributed by atoms with Crippen LogP contribution in [0.15, 0.2) is 28.8 Å². The van der Waals surface area contributed by atoms with Crippen LogP contribution < -0.4 is 5.73 Å². The van der Waals surface area contributed by atoms with Crippen LogP contribution in [0, 0.1) is 12.8 Å². The Hall–Kier alpha value is -1.77. The first-order valence-electron chi connectivity index (χ1n) is 6.43. The summed E-state index contributed by atoms with van der Waals surface area (Å²) in [7, 11) is 0. The molecule has 3 heteroatoms. The second kappa shape index (κ2) is 5.25. The van der Waals surface area contributed by atoms with Gasteiger partial charge >= 0.3 is 0 Å². The smallest absolute Gasteiger partial charge is 0.230 e. The van der Waals surface area contributed by atoms with E-state index in [2.05, 4.69) is 38.1 Å². The third-order valence-corrected chi connectivity index (χ3v) is 3.44. The Kier molecular flexibility index (Phi) is 3.70. The lowest BCUT2D eigenvalue weighted by atomic mass is 9.95. The van der Waals surface area contributed by atoms with Crippen molar-refractivity contribution < 1.29 is 4.52 Å². The summed E-state index contributed by atoms with van der Waals surface area (Å²) in [4.78, 5) is 0. The van der Waals surface area contributed by atoms with Crippen molar-refractivity contribution in [2.75, 3.05) is 5.73 Å². The molecule has 0 aliphatic heterocycles. The molecule has 3 nitrogen and oxygen atoms in total. The molecule has 1 unspecified atom stereocenters. The highest BCUT2D eigenvalue weighted by Gasteiger charge is 2.18. The Balaban J connectivity index is 2.44. The van der Waals surface area contributed by atoms with Crippen molar-refractivity contribution in [3.8, 4) is 11.1 Å². The van der Waals surface area contributed by atoms with E-state index in [-0.39, 0.29) is 0 Å². The molecule has 0 spiro atoms. The molecule has 1 aromatic carbocycles. The van der Waals surface area contributed by atoms with E-state index in [0.29, 0.717) is 11.8 Å². The minimum absolute atomic E-state index is 0.419. The van der Waals surface area contributed by atoms with Crippen LogP contribution in [0.25, 0.3) is 11.1 Å².